The van der Waals surface area contributed by atoms with Crippen LogP contribution in [0.3, 0.4) is 0 Å². The van der Waals surface area contributed by atoms with Gasteiger partial charge in [0.15, 0.2) is 5.69 Å². The first-order valence-electron chi connectivity index (χ1n) is 8.53. The Morgan fingerprint density at radius 2 is 2.07 bits per heavy atom. The lowest BCUT2D eigenvalue weighted by atomic mass is 10.1. The molecule has 0 amide bonds. The van der Waals surface area contributed by atoms with E-state index in [0.717, 1.165) is 16.5 Å². The van der Waals surface area contributed by atoms with Crippen molar-refractivity contribution in [2.24, 2.45) is 0 Å². The zero-order valence-corrected chi connectivity index (χ0v) is 15.4. The minimum Gasteiger partial charge on any atom is -0.461 e. The lowest BCUT2D eigenvalue weighted by Gasteiger charge is -2.09. The number of hydrogen-bond acceptors (Lipinski definition) is 5. The SMILES string of the molecule is CCOC(=O)c1c2c(N)cccc2nn1Cc1ccc2ncc(Cl)cc2c1. The van der Waals surface area contributed by atoms with Crippen LogP contribution in [0.2, 0.25) is 5.02 Å². The van der Waals surface area contributed by atoms with Gasteiger partial charge in [-0.3, -0.25) is 9.67 Å². The zero-order valence-electron chi connectivity index (χ0n) is 14.6. The molecule has 136 valence electrons. The molecular formula is C20H17ClN4O2. The Morgan fingerprint density at radius 3 is 2.89 bits per heavy atom. The summed E-state index contributed by atoms with van der Waals surface area (Å²) < 4.78 is 6.87. The van der Waals surface area contributed by atoms with Crippen LogP contribution in [0.1, 0.15) is 23.0 Å². The third kappa shape index (κ3) is 3.19. The van der Waals surface area contributed by atoms with Gasteiger partial charge in [-0.15, -0.1) is 0 Å². The fourth-order valence-electron chi connectivity index (χ4n) is 3.15. The van der Waals surface area contributed by atoms with Crippen LogP contribution in [0, 0.1) is 0 Å². The van der Waals surface area contributed by atoms with E-state index >= 15 is 0 Å². The van der Waals surface area contributed by atoms with E-state index in [-0.39, 0.29) is 6.61 Å². The van der Waals surface area contributed by atoms with E-state index in [1.807, 2.05) is 36.4 Å². The number of nitrogen functional groups attached to an aromatic ring is 1. The maximum absolute atomic E-state index is 12.6. The number of carbonyl (C=O) groups excluding carboxylic acids is 1. The summed E-state index contributed by atoms with van der Waals surface area (Å²) in [6.45, 7) is 2.44. The molecule has 0 spiro atoms. The van der Waals surface area contributed by atoms with Gasteiger partial charge in [0.25, 0.3) is 0 Å². The highest BCUT2D eigenvalue weighted by atomic mass is 35.5. The maximum atomic E-state index is 12.6. The second-order valence-electron chi connectivity index (χ2n) is 6.15. The van der Waals surface area contributed by atoms with Gasteiger partial charge in [-0.05, 0) is 42.8 Å². The minimum atomic E-state index is -0.441. The molecule has 6 nitrogen and oxygen atoms in total. The number of esters is 1. The number of nitrogens with zero attached hydrogens (tertiary/aromatic N) is 3. The molecule has 0 atom stereocenters. The summed E-state index contributed by atoms with van der Waals surface area (Å²) in [4.78, 5) is 16.9. The first kappa shape index (κ1) is 17.3. The summed E-state index contributed by atoms with van der Waals surface area (Å²) in [7, 11) is 0. The van der Waals surface area contributed by atoms with Crippen molar-refractivity contribution in [2.75, 3.05) is 12.3 Å². The lowest BCUT2D eigenvalue weighted by Crippen LogP contribution is -2.14. The Balaban J connectivity index is 1.82. The van der Waals surface area contributed by atoms with Crippen molar-refractivity contribution in [1.82, 2.24) is 14.8 Å². The molecule has 4 rings (SSSR count). The van der Waals surface area contributed by atoms with E-state index in [0.29, 0.717) is 33.9 Å². The van der Waals surface area contributed by atoms with Gasteiger partial charge in [0, 0.05) is 17.3 Å². The topological polar surface area (TPSA) is 83.0 Å². The summed E-state index contributed by atoms with van der Waals surface area (Å²) in [5, 5.41) is 6.67. The van der Waals surface area contributed by atoms with Crippen LogP contribution in [-0.2, 0) is 11.3 Å². The summed E-state index contributed by atoms with van der Waals surface area (Å²) >= 11 is 6.05. The third-order valence-electron chi connectivity index (χ3n) is 4.31. The fourth-order valence-corrected chi connectivity index (χ4v) is 3.32. The first-order chi connectivity index (χ1) is 13.1. The van der Waals surface area contributed by atoms with Crippen LogP contribution in [-0.4, -0.2) is 27.3 Å². The predicted molar refractivity (Wildman–Crippen MR) is 106 cm³/mol. The Labute approximate surface area is 160 Å². The van der Waals surface area contributed by atoms with Crippen LogP contribution in [0.25, 0.3) is 21.8 Å². The Bertz CT molecular complexity index is 1170. The van der Waals surface area contributed by atoms with Gasteiger partial charge in [-0.25, -0.2) is 4.79 Å². The first-order valence-corrected chi connectivity index (χ1v) is 8.91. The normalized spacial score (nSPS) is 11.2. The number of anilines is 1. The van der Waals surface area contributed by atoms with Crippen molar-refractivity contribution in [3.63, 3.8) is 0 Å². The number of aromatic nitrogens is 3. The largest absolute Gasteiger partial charge is 0.461 e. The molecule has 0 radical (unpaired) electrons. The maximum Gasteiger partial charge on any atom is 0.357 e. The Hall–Kier alpha value is -3.12. The molecular weight excluding hydrogens is 364 g/mol. The van der Waals surface area contributed by atoms with Crippen molar-refractivity contribution < 1.29 is 9.53 Å². The molecule has 2 aromatic carbocycles. The van der Waals surface area contributed by atoms with E-state index in [4.69, 9.17) is 22.1 Å². The second-order valence-corrected chi connectivity index (χ2v) is 6.59. The smallest absolute Gasteiger partial charge is 0.357 e. The van der Waals surface area contributed by atoms with E-state index in [2.05, 4.69) is 10.1 Å². The van der Waals surface area contributed by atoms with Crippen molar-refractivity contribution in [1.29, 1.82) is 0 Å². The van der Waals surface area contributed by atoms with Crippen LogP contribution >= 0.6 is 11.6 Å². The molecule has 0 saturated carbocycles. The van der Waals surface area contributed by atoms with E-state index in [9.17, 15) is 4.79 Å². The molecule has 0 saturated heterocycles. The standard InChI is InChI=1S/C20H17ClN4O2/c1-2-27-20(26)19-18-15(22)4-3-5-17(18)24-25(19)11-12-6-7-16-13(8-12)9-14(21)10-23-16/h3-10H,2,11,22H2,1H3. The molecule has 0 aliphatic heterocycles. The Kier molecular flexibility index (Phi) is 4.41. The number of pyridine rings is 1. The molecule has 0 unspecified atom stereocenters. The molecule has 2 aromatic heterocycles. The van der Waals surface area contributed by atoms with E-state index in [1.54, 1.807) is 23.9 Å². The minimum absolute atomic E-state index is 0.276. The average Bonchev–Trinajstić information content (AvgIpc) is 3.01. The molecule has 0 aliphatic rings. The van der Waals surface area contributed by atoms with Gasteiger partial charge >= 0.3 is 5.97 Å². The van der Waals surface area contributed by atoms with E-state index < -0.39 is 5.97 Å². The molecule has 7 heteroatoms. The Morgan fingerprint density at radius 1 is 1.22 bits per heavy atom. The van der Waals surface area contributed by atoms with Gasteiger partial charge in [0.2, 0.25) is 0 Å². The van der Waals surface area contributed by atoms with Gasteiger partial charge in [0.05, 0.1) is 34.6 Å². The van der Waals surface area contributed by atoms with Crippen LogP contribution in [0.4, 0.5) is 5.69 Å². The highest BCUT2D eigenvalue weighted by Gasteiger charge is 2.21. The summed E-state index contributed by atoms with van der Waals surface area (Å²) in [5.74, 6) is -0.441. The predicted octanol–water partition coefficient (Wildman–Crippen LogP) is 4.05. The highest BCUT2D eigenvalue weighted by Crippen LogP contribution is 2.26. The van der Waals surface area contributed by atoms with Crippen LogP contribution in [0.5, 0.6) is 0 Å². The monoisotopic (exact) mass is 380 g/mol. The lowest BCUT2D eigenvalue weighted by molar-refractivity contribution is 0.0515. The van der Waals surface area contributed by atoms with Crippen LogP contribution < -0.4 is 5.73 Å². The third-order valence-corrected chi connectivity index (χ3v) is 4.52. The van der Waals surface area contributed by atoms with Crippen molar-refractivity contribution >= 4 is 45.1 Å². The summed E-state index contributed by atoms with van der Waals surface area (Å²) in [6, 6.07) is 13.1. The molecule has 0 bridgehead atoms. The average molecular weight is 381 g/mol. The molecule has 2 N–H and O–H groups in total. The van der Waals surface area contributed by atoms with Crippen LogP contribution in [0.15, 0.2) is 48.7 Å². The van der Waals surface area contributed by atoms with Gasteiger partial charge in [0.1, 0.15) is 0 Å². The number of fused-ring (bicyclic) bond motifs is 2. The fraction of sp³-hybridized carbons (Fsp3) is 0.150. The molecule has 27 heavy (non-hydrogen) atoms. The van der Waals surface area contributed by atoms with Crippen molar-refractivity contribution in [3.05, 3.63) is 64.9 Å². The molecule has 4 aromatic rings. The van der Waals surface area contributed by atoms with Gasteiger partial charge in [-0.2, -0.15) is 5.10 Å². The number of nitrogens with two attached hydrogens (primary N) is 1. The number of halogens is 1. The number of rotatable bonds is 4. The zero-order chi connectivity index (χ0) is 19.0. The molecule has 2 heterocycles. The number of hydrogen-bond donors (Lipinski definition) is 1. The van der Waals surface area contributed by atoms with Gasteiger partial charge < -0.3 is 10.5 Å². The summed E-state index contributed by atoms with van der Waals surface area (Å²) in [6.07, 6.45) is 1.62. The summed E-state index contributed by atoms with van der Waals surface area (Å²) in [5.41, 5.74) is 9.43. The number of benzene rings is 2. The van der Waals surface area contributed by atoms with Crippen molar-refractivity contribution in [3.8, 4) is 0 Å². The number of ether oxygens (including phenoxy) is 1. The second kappa shape index (κ2) is 6.89. The number of carbonyl (C=O) groups is 1. The quantitative estimate of drug-likeness (QED) is 0.426. The molecule has 0 aliphatic carbocycles. The molecule has 0 fully saturated rings. The highest BCUT2D eigenvalue weighted by molar-refractivity contribution is 6.31. The van der Waals surface area contributed by atoms with Crippen molar-refractivity contribution in [2.45, 2.75) is 13.5 Å². The van der Waals surface area contributed by atoms with E-state index in [1.165, 1.54) is 0 Å². The van der Waals surface area contributed by atoms with Gasteiger partial charge in [-0.1, -0.05) is 23.7 Å².